The number of hydrogen-bond donors (Lipinski definition) is 0. The van der Waals surface area contributed by atoms with E-state index in [4.69, 9.17) is 11.6 Å². The number of nitrogens with zero attached hydrogens (tertiary/aromatic N) is 3. The van der Waals surface area contributed by atoms with E-state index >= 15 is 0 Å². The van der Waals surface area contributed by atoms with Gasteiger partial charge in [0.15, 0.2) is 11.6 Å². The van der Waals surface area contributed by atoms with Crippen LogP contribution in [-0.4, -0.2) is 20.1 Å². The molecule has 1 fully saturated rings. The van der Waals surface area contributed by atoms with E-state index in [-0.39, 0.29) is 30.0 Å². The molecule has 1 atom stereocenters. The zero-order chi connectivity index (χ0) is 20.5. The highest BCUT2D eigenvalue weighted by Gasteiger charge is 2.30. The van der Waals surface area contributed by atoms with Gasteiger partial charge in [0.25, 0.3) is 0 Å². The van der Waals surface area contributed by atoms with E-state index in [0.717, 1.165) is 18.4 Å². The minimum Gasteiger partial charge on any atom is -0.298 e. The molecule has 6 heteroatoms. The molecule has 1 heterocycles. The maximum atomic E-state index is 12.9. The fraction of sp³-hybridized carbons (Fsp3) is 0.348. The van der Waals surface area contributed by atoms with E-state index in [1.807, 2.05) is 31.2 Å². The molecule has 1 aliphatic rings. The molecule has 150 valence electrons. The summed E-state index contributed by atoms with van der Waals surface area (Å²) in [6.45, 7) is 4.09. The minimum absolute atomic E-state index is 0.00460. The van der Waals surface area contributed by atoms with Gasteiger partial charge in [-0.25, -0.2) is 9.48 Å². The average molecular weight is 410 g/mol. The number of aromatic nitrogens is 3. The van der Waals surface area contributed by atoms with Gasteiger partial charge in [-0.05, 0) is 61.1 Å². The van der Waals surface area contributed by atoms with Gasteiger partial charge in [0, 0.05) is 23.0 Å². The molecule has 0 spiro atoms. The molecule has 1 aliphatic carbocycles. The Labute approximate surface area is 174 Å². The van der Waals surface area contributed by atoms with Crippen molar-refractivity contribution in [2.75, 3.05) is 0 Å². The molecule has 0 N–H and O–H groups in total. The number of Topliss-reactive ketones (excluding diaryl/α,β-unsaturated/α-hetero) is 1. The van der Waals surface area contributed by atoms with Crippen LogP contribution in [-0.2, 0) is 11.3 Å². The zero-order valence-electron chi connectivity index (χ0n) is 16.6. The van der Waals surface area contributed by atoms with Crippen molar-refractivity contribution in [1.29, 1.82) is 0 Å². The Hall–Kier alpha value is -2.66. The number of ketones is 1. The standard InChI is InChI=1S/C23H24ClN3O2/c1-15-5-3-4-6-21(15)16(2)13-20(28)14-26-23(29)27(19-11-12-19)22(25-26)17-7-9-18(24)10-8-17/h3-10,16,19H,11-14H2,1-2H3. The lowest BCUT2D eigenvalue weighted by molar-refractivity contribution is -0.120. The Bertz CT molecular complexity index is 1090. The lowest BCUT2D eigenvalue weighted by atomic mass is 9.92. The van der Waals surface area contributed by atoms with E-state index in [1.165, 1.54) is 15.8 Å². The Morgan fingerprint density at radius 1 is 1.17 bits per heavy atom. The summed E-state index contributed by atoms with van der Waals surface area (Å²) in [6.07, 6.45) is 2.30. The van der Waals surface area contributed by atoms with E-state index < -0.39 is 0 Å². The van der Waals surface area contributed by atoms with Crippen molar-refractivity contribution in [2.45, 2.75) is 51.6 Å². The van der Waals surface area contributed by atoms with Crippen molar-refractivity contribution < 1.29 is 4.79 Å². The third kappa shape index (κ3) is 4.20. The molecule has 0 amide bonds. The van der Waals surface area contributed by atoms with E-state index in [0.29, 0.717) is 17.3 Å². The van der Waals surface area contributed by atoms with Gasteiger partial charge in [0.1, 0.15) is 6.54 Å². The monoisotopic (exact) mass is 409 g/mol. The number of halogens is 1. The second-order valence-corrected chi connectivity index (χ2v) is 8.31. The summed E-state index contributed by atoms with van der Waals surface area (Å²) in [6, 6.07) is 15.5. The first-order valence-electron chi connectivity index (χ1n) is 9.96. The van der Waals surface area contributed by atoms with Gasteiger partial charge in [-0.1, -0.05) is 42.8 Å². The lowest BCUT2D eigenvalue weighted by Crippen LogP contribution is -2.28. The molecule has 0 radical (unpaired) electrons. The highest BCUT2D eigenvalue weighted by atomic mass is 35.5. The van der Waals surface area contributed by atoms with Crippen LogP contribution in [0.3, 0.4) is 0 Å². The van der Waals surface area contributed by atoms with Crippen LogP contribution in [0.4, 0.5) is 0 Å². The van der Waals surface area contributed by atoms with Crippen molar-refractivity contribution in [2.24, 2.45) is 0 Å². The normalized spacial score (nSPS) is 14.7. The van der Waals surface area contributed by atoms with Crippen molar-refractivity contribution in [1.82, 2.24) is 14.3 Å². The first kappa shape index (κ1) is 19.6. The fourth-order valence-corrected chi connectivity index (χ4v) is 3.93. The molecular formula is C23H24ClN3O2. The van der Waals surface area contributed by atoms with Gasteiger partial charge < -0.3 is 0 Å². The molecule has 1 saturated carbocycles. The number of carbonyl (C=O) groups is 1. The molecule has 1 aromatic heterocycles. The van der Waals surface area contributed by atoms with Crippen LogP contribution in [0.1, 0.15) is 49.3 Å². The van der Waals surface area contributed by atoms with Crippen molar-refractivity contribution in [3.63, 3.8) is 0 Å². The number of carbonyl (C=O) groups excluding carboxylic acids is 1. The van der Waals surface area contributed by atoms with E-state index in [9.17, 15) is 9.59 Å². The molecule has 5 nitrogen and oxygen atoms in total. The molecule has 0 bridgehead atoms. The zero-order valence-corrected chi connectivity index (χ0v) is 17.4. The minimum atomic E-state index is -0.214. The number of rotatable bonds is 7. The maximum absolute atomic E-state index is 12.9. The Kier molecular flexibility index (Phi) is 5.41. The molecule has 3 aromatic rings. The van der Waals surface area contributed by atoms with Gasteiger partial charge >= 0.3 is 5.69 Å². The van der Waals surface area contributed by atoms with Gasteiger partial charge in [-0.3, -0.25) is 9.36 Å². The number of hydrogen-bond acceptors (Lipinski definition) is 3. The first-order chi connectivity index (χ1) is 13.9. The van der Waals surface area contributed by atoms with Gasteiger partial charge in [0.05, 0.1) is 0 Å². The van der Waals surface area contributed by atoms with Crippen LogP contribution < -0.4 is 5.69 Å². The SMILES string of the molecule is Cc1ccccc1C(C)CC(=O)Cn1nc(-c2ccc(Cl)cc2)n(C2CC2)c1=O. The summed E-state index contributed by atoms with van der Waals surface area (Å²) in [5.74, 6) is 0.709. The predicted octanol–water partition coefficient (Wildman–Crippen LogP) is 4.77. The Morgan fingerprint density at radius 3 is 2.52 bits per heavy atom. The summed E-state index contributed by atoms with van der Waals surface area (Å²) >= 11 is 5.99. The highest BCUT2D eigenvalue weighted by Crippen LogP contribution is 2.36. The lowest BCUT2D eigenvalue weighted by Gasteiger charge is -2.13. The molecule has 0 saturated heterocycles. The molecule has 1 unspecified atom stereocenters. The smallest absolute Gasteiger partial charge is 0.298 e. The summed E-state index contributed by atoms with van der Waals surface area (Å²) in [4.78, 5) is 25.7. The molecule has 0 aliphatic heterocycles. The second-order valence-electron chi connectivity index (χ2n) is 7.87. The summed E-state index contributed by atoms with van der Waals surface area (Å²) in [5, 5.41) is 5.14. The van der Waals surface area contributed by atoms with E-state index in [1.54, 1.807) is 16.7 Å². The highest BCUT2D eigenvalue weighted by molar-refractivity contribution is 6.30. The topological polar surface area (TPSA) is 56.9 Å². The molecule has 29 heavy (non-hydrogen) atoms. The summed E-state index contributed by atoms with van der Waals surface area (Å²) < 4.78 is 3.04. The van der Waals surface area contributed by atoms with Crippen LogP contribution in [0.25, 0.3) is 11.4 Å². The molecule has 2 aromatic carbocycles. The first-order valence-corrected chi connectivity index (χ1v) is 10.3. The third-order valence-electron chi connectivity index (χ3n) is 5.46. The van der Waals surface area contributed by atoms with Crippen molar-refractivity contribution in [3.05, 3.63) is 75.2 Å². The van der Waals surface area contributed by atoms with Crippen LogP contribution in [0.15, 0.2) is 53.3 Å². The van der Waals surface area contributed by atoms with Gasteiger partial charge in [0.2, 0.25) is 0 Å². The van der Waals surface area contributed by atoms with Crippen LogP contribution in [0.5, 0.6) is 0 Å². The molecule has 4 rings (SSSR count). The fourth-order valence-electron chi connectivity index (χ4n) is 3.80. The Morgan fingerprint density at radius 2 is 1.86 bits per heavy atom. The van der Waals surface area contributed by atoms with Crippen LogP contribution >= 0.6 is 11.6 Å². The average Bonchev–Trinajstić information content (AvgIpc) is 3.47. The summed E-state index contributed by atoms with van der Waals surface area (Å²) in [5.41, 5.74) is 2.96. The van der Waals surface area contributed by atoms with Crippen molar-refractivity contribution in [3.8, 4) is 11.4 Å². The number of benzene rings is 2. The quantitative estimate of drug-likeness (QED) is 0.564. The predicted molar refractivity (Wildman–Crippen MR) is 114 cm³/mol. The Balaban J connectivity index is 1.56. The van der Waals surface area contributed by atoms with Gasteiger partial charge in [-0.15, -0.1) is 5.10 Å². The second kappa shape index (κ2) is 7.99. The van der Waals surface area contributed by atoms with Crippen molar-refractivity contribution >= 4 is 17.4 Å². The van der Waals surface area contributed by atoms with Gasteiger partial charge in [-0.2, -0.15) is 0 Å². The number of aryl methyl sites for hydroxylation is 1. The van der Waals surface area contributed by atoms with Crippen LogP contribution in [0, 0.1) is 6.92 Å². The maximum Gasteiger partial charge on any atom is 0.346 e. The third-order valence-corrected chi connectivity index (χ3v) is 5.72. The van der Waals surface area contributed by atoms with E-state index in [2.05, 4.69) is 24.2 Å². The molecular weight excluding hydrogens is 386 g/mol. The largest absolute Gasteiger partial charge is 0.346 e. The summed E-state index contributed by atoms with van der Waals surface area (Å²) in [7, 11) is 0. The van der Waals surface area contributed by atoms with Crippen LogP contribution in [0.2, 0.25) is 5.02 Å².